The monoisotopic (exact) mass is 768 g/mol. The van der Waals surface area contributed by atoms with Crippen LogP contribution in [-0.2, 0) is 0 Å². The Morgan fingerprint density at radius 2 is 1.10 bits per heavy atom. The third kappa shape index (κ3) is 5.96. The van der Waals surface area contributed by atoms with Gasteiger partial charge in [0.05, 0.1) is 56.9 Å². The molecule has 12 rings (SSSR count). The molecule has 0 spiro atoms. The summed E-state index contributed by atoms with van der Waals surface area (Å²) in [6.07, 6.45) is 10.7. The third-order valence-corrected chi connectivity index (χ3v) is 11.9. The van der Waals surface area contributed by atoms with Crippen molar-refractivity contribution >= 4 is 67.1 Å². The van der Waals surface area contributed by atoms with Crippen LogP contribution in [-0.4, -0.2) is 19.9 Å². The molecule has 2 unspecified atom stereocenters. The summed E-state index contributed by atoms with van der Waals surface area (Å²) in [5.41, 5.74) is 16.7. The minimum Gasteiger partial charge on any atom is -0.374 e. The summed E-state index contributed by atoms with van der Waals surface area (Å²) in [5, 5.41) is 12.0. The first kappa shape index (κ1) is 34.1. The SMILES string of the molecule is C1=CC(c2ccc3ccc(C4C=Cc5ccc6ccc(-c7ccccc7)nc6c5N4)nc3c2)Nc2cc(-c3cccc(-c4ccc5ccc6cccnc6c5n4)c3)ccc21. The van der Waals surface area contributed by atoms with Crippen LogP contribution in [0.2, 0.25) is 0 Å². The van der Waals surface area contributed by atoms with E-state index in [0.29, 0.717) is 0 Å². The molecule has 2 atom stereocenters. The Kier molecular flexibility index (Phi) is 7.88. The van der Waals surface area contributed by atoms with Crippen LogP contribution in [0.5, 0.6) is 0 Å². The second-order valence-corrected chi connectivity index (χ2v) is 15.6. The Balaban J connectivity index is 0.816. The zero-order chi connectivity index (χ0) is 39.6. The third-order valence-electron chi connectivity index (χ3n) is 11.9. The van der Waals surface area contributed by atoms with Gasteiger partial charge in [0.2, 0.25) is 0 Å². The van der Waals surface area contributed by atoms with Crippen molar-refractivity contribution < 1.29 is 0 Å². The van der Waals surface area contributed by atoms with Crippen LogP contribution in [0.15, 0.2) is 182 Å². The zero-order valence-corrected chi connectivity index (χ0v) is 32.4. The van der Waals surface area contributed by atoms with Crippen molar-refractivity contribution in [1.29, 1.82) is 0 Å². The van der Waals surface area contributed by atoms with Crippen LogP contribution in [0.4, 0.5) is 11.4 Å². The molecule has 6 aromatic carbocycles. The molecule has 0 saturated heterocycles. The van der Waals surface area contributed by atoms with Gasteiger partial charge in [-0.1, -0.05) is 146 Å². The molecule has 0 radical (unpaired) electrons. The normalized spacial score (nSPS) is 15.5. The predicted molar refractivity (Wildman–Crippen MR) is 248 cm³/mol. The highest BCUT2D eigenvalue weighted by molar-refractivity contribution is 6.03. The van der Waals surface area contributed by atoms with Crippen molar-refractivity contribution in [2.24, 2.45) is 0 Å². The Labute approximate surface area is 346 Å². The van der Waals surface area contributed by atoms with Gasteiger partial charge in [-0.15, -0.1) is 0 Å². The van der Waals surface area contributed by atoms with Crippen LogP contribution >= 0.6 is 0 Å². The summed E-state index contributed by atoms with van der Waals surface area (Å²) in [7, 11) is 0. The molecule has 0 fully saturated rings. The van der Waals surface area contributed by atoms with Crippen molar-refractivity contribution in [3.8, 4) is 33.6 Å². The topological polar surface area (TPSA) is 75.6 Å². The van der Waals surface area contributed by atoms with E-state index in [1.54, 1.807) is 0 Å². The number of fused-ring (bicyclic) bond motifs is 8. The van der Waals surface area contributed by atoms with Gasteiger partial charge in [0.25, 0.3) is 0 Å². The van der Waals surface area contributed by atoms with Gasteiger partial charge in [-0.05, 0) is 70.3 Å². The quantitative estimate of drug-likeness (QED) is 0.170. The summed E-state index contributed by atoms with van der Waals surface area (Å²) in [6, 6.07) is 57.5. The van der Waals surface area contributed by atoms with Crippen LogP contribution in [0.3, 0.4) is 0 Å². The number of nitrogens with one attached hydrogen (secondary N) is 2. The Hall–Kier alpha value is -7.96. The van der Waals surface area contributed by atoms with E-state index in [-0.39, 0.29) is 12.1 Å². The summed E-state index contributed by atoms with van der Waals surface area (Å²) in [4.78, 5) is 20.1. The first-order valence-corrected chi connectivity index (χ1v) is 20.4. The minimum atomic E-state index is -0.0938. The van der Waals surface area contributed by atoms with Crippen molar-refractivity contribution in [2.45, 2.75) is 12.1 Å². The maximum absolute atomic E-state index is 5.24. The predicted octanol–water partition coefficient (Wildman–Crippen LogP) is 13.2. The molecule has 6 nitrogen and oxygen atoms in total. The number of pyridine rings is 4. The summed E-state index contributed by atoms with van der Waals surface area (Å²) < 4.78 is 0. The van der Waals surface area contributed by atoms with Crippen LogP contribution in [0.1, 0.15) is 34.5 Å². The summed E-state index contributed by atoms with van der Waals surface area (Å²) >= 11 is 0. The lowest BCUT2D eigenvalue weighted by Gasteiger charge is -2.25. The number of hydrogen-bond donors (Lipinski definition) is 2. The van der Waals surface area contributed by atoms with Gasteiger partial charge in [0.15, 0.2) is 0 Å². The van der Waals surface area contributed by atoms with Gasteiger partial charge in [-0.3, -0.25) is 9.97 Å². The highest BCUT2D eigenvalue weighted by Crippen LogP contribution is 2.38. The second-order valence-electron chi connectivity index (χ2n) is 15.6. The smallest absolute Gasteiger partial charge is 0.0972 e. The lowest BCUT2D eigenvalue weighted by molar-refractivity contribution is 0.929. The molecule has 2 aliphatic heterocycles. The maximum Gasteiger partial charge on any atom is 0.0972 e. The van der Waals surface area contributed by atoms with E-state index in [0.717, 1.165) is 111 Å². The van der Waals surface area contributed by atoms with E-state index in [1.807, 2.05) is 18.3 Å². The van der Waals surface area contributed by atoms with Gasteiger partial charge in [-0.25, -0.2) is 9.97 Å². The average Bonchev–Trinajstić information content (AvgIpc) is 3.33. The van der Waals surface area contributed by atoms with E-state index in [9.17, 15) is 0 Å². The second kappa shape index (κ2) is 13.9. The van der Waals surface area contributed by atoms with Gasteiger partial charge >= 0.3 is 0 Å². The number of hydrogen-bond acceptors (Lipinski definition) is 6. The molecule has 60 heavy (non-hydrogen) atoms. The molecule has 0 bridgehead atoms. The van der Waals surface area contributed by atoms with Crippen molar-refractivity contribution in [3.63, 3.8) is 0 Å². The fourth-order valence-electron chi connectivity index (χ4n) is 8.72. The number of nitrogens with zero attached hydrogens (tertiary/aromatic N) is 4. The van der Waals surface area contributed by atoms with E-state index < -0.39 is 0 Å². The van der Waals surface area contributed by atoms with Crippen LogP contribution in [0.25, 0.3) is 89.4 Å². The first-order chi connectivity index (χ1) is 29.7. The standard InChI is InChI=1S/C54H36N6/c1-2-6-33(7-3-1)44-25-21-38-15-16-39-23-28-48(60-54(39)53(38)58-44)47-27-20-35-12-18-43(32-50(35)57-47)45-24-19-34-11-17-41(31-49(34)56-45)40-8-4-9-42(30-40)46-26-22-37-14-13-36-10-5-29-55-51(36)52(37)59-46/h1-32,45,48,56,60H. The molecule has 282 valence electrons. The average molecular weight is 769 g/mol. The lowest BCUT2D eigenvalue weighted by Crippen LogP contribution is -2.14. The molecule has 0 aliphatic carbocycles. The van der Waals surface area contributed by atoms with Gasteiger partial charge in [-0.2, -0.15) is 0 Å². The molecule has 4 aromatic heterocycles. The van der Waals surface area contributed by atoms with E-state index >= 15 is 0 Å². The largest absolute Gasteiger partial charge is 0.374 e. The maximum atomic E-state index is 5.24. The van der Waals surface area contributed by atoms with Crippen molar-refractivity contribution in [2.75, 3.05) is 10.6 Å². The molecule has 0 saturated carbocycles. The Morgan fingerprint density at radius 3 is 2.02 bits per heavy atom. The fraction of sp³-hybridized carbons (Fsp3) is 0.0370. The van der Waals surface area contributed by atoms with E-state index in [4.69, 9.17) is 15.0 Å². The molecule has 2 N–H and O–H groups in total. The van der Waals surface area contributed by atoms with Crippen molar-refractivity contribution in [1.82, 2.24) is 19.9 Å². The van der Waals surface area contributed by atoms with Gasteiger partial charge in [0, 0.05) is 44.6 Å². The fourth-order valence-corrected chi connectivity index (χ4v) is 8.72. The number of rotatable bonds is 5. The highest BCUT2D eigenvalue weighted by Gasteiger charge is 2.21. The molecule has 6 heterocycles. The minimum absolute atomic E-state index is 0.00463. The number of aromatic nitrogens is 4. The van der Waals surface area contributed by atoms with Crippen LogP contribution in [0, 0.1) is 0 Å². The molecule has 2 aliphatic rings. The Morgan fingerprint density at radius 1 is 0.417 bits per heavy atom. The van der Waals surface area contributed by atoms with Crippen molar-refractivity contribution in [3.05, 3.63) is 205 Å². The van der Waals surface area contributed by atoms with Gasteiger partial charge in [0.1, 0.15) is 0 Å². The van der Waals surface area contributed by atoms with E-state index in [2.05, 4.69) is 192 Å². The lowest BCUT2D eigenvalue weighted by atomic mass is 9.95. The highest BCUT2D eigenvalue weighted by atomic mass is 15.0. The molecular weight excluding hydrogens is 733 g/mol. The molecule has 10 aromatic rings. The molecule has 6 heteroatoms. The first-order valence-electron chi connectivity index (χ1n) is 20.4. The summed E-state index contributed by atoms with van der Waals surface area (Å²) in [6.45, 7) is 0. The Bertz CT molecular complexity index is 3410. The summed E-state index contributed by atoms with van der Waals surface area (Å²) in [5.74, 6) is 0. The molecule has 0 amide bonds. The number of anilines is 2. The number of benzene rings is 6. The zero-order valence-electron chi connectivity index (χ0n) is 32.4. The van der Waals surface area contributed by atoms with Crippen LogP contribution < -0.4 is 10.6 Å². The van der Waals surface area contributed by atoms with E-state index in [1.165, 1.54) is 0 Å². The molecular formula is C54H36N6. The van der Waals surface area contributed by atoms with Gasteiger partial charge < -0.3 is 10.6 Å².